The van der Waals surface area contributed by atoms with Crippen LogP contribution in [-0.4, -0.2) is 55.8 Å². The molecule has 1 heterocycles. The molecule has 0 bridgehead atoms. The number of amides is 1. The summed E-state index contributed by atoms with van der Waals surface area (Å²) in [4.78, 5) is 13.9. The third-order valence-electron chi connectivity index (χ3n) is 5.44. The predicted molar refractivity (Wildman–Crippen MR) is 111 cm³/mol. The standard InChI is InChI=1S/C21H25F2N3O3S/c1-14-5-4-6-15(2)20(14)24-21(27)16(3)25-9-11-26(12-10-25)30(28,29)19-13-17(22)7-8-18(19)23/h4-8,13,16H,9-12H2,1-3H3,(H,24,27). The van der Waals surface area contributed by atoms with E-state index >= 15 is 0 Å². The monoisotopic (exact) mass is 437 g/mol. The van der Waals surface area contributed by atoms with Crippen molar-refractivity contribution in [3.05, 3.63) is 59.2 Å². The molecule has 1 unspecified atom stereocenters. The van der Waals surface area contributed by atoms with E-state index in [1.54, 1.807) is 6.92 Å². The summed E-state index contributed by atoms with van der Waals surface area (Å²) < 4.78 is 53.9. The van der Waals surface area contributed by atoms with Crippen molar-refractivity contribution < 1.29 is 22.0 Å². The highest BCUT2D eigenvalue weighted by molar-refractivity contribution is 7.89. The van der Waals surface area contributed by atoms with Crippen LogP contribution in [-0.2, 0) is 14.8 Å². The van der Waals surface area contributed by atoms with E-state index in [0.29, 0.717) is 19.2 Å². The first-order chi connectivity index (χ1) is 14.1. The number of rotatable bonds is 5. The molecule has 0 saturated carbocycles. The highest BCUT2D eigenvalue weighted by Crippen LogP contribution is 2.23. The lowest BCUT2D eigenvalue weighted by Crippen LogP contribution is -2.54. The normalized spacial score (nSPS) is 17.0. The Kier molecular flexibility index (Phi) is 6.54. The zero-order valence-corrected chi connectivity index (χ0v) is 18.0. The number of hydrogen-bond donors (Lipinski definition) is 1. The van der Waals surface area contributed by atoms with Gasteiger partial charge in [0.1, 0.15) is 16.5 Å². The first kappa shape index (κ1) is 22.3. The Hall–Kier alpha value is -2.36. The van der Waals surface area contributed by atoms with E-state index in [9.17, 15) is 22.0 Å². The van der Waals surface area contributed by atoms with E-state index in [0.717, 1.165) is 33.3 Å². The van der Waals surface area contributed by atoms with Crippen molar-refractivity contribution in [3.8, 4) is 0 Å². The topological polar surface area (TPSA) is 69.7 Å². The van der Waals surface area contributed by atoms with Gasteiger partial charge in [0.25, 0.3) is 0 Å². The molecule has 1 atom stereocenters. The minimum Gasteiger partial charge on any atom is -0.324 e. The Bertz CT molecular complexity index is 1030. The zero-order chi connectivity index (χ0) is 22.1. The lowest BCUT2D eigenvalue weighted by atomic mass is 10.1. The SMILES string of the molecule is Cc1cccc(C)c1NC(=O)C(C)N1CCN(S(=O)(=O)c2cc(F)ccc2F)CC1. The van der Waals surface area contributed by atoms with Crippen LogP contribution in [0.15, 0.2) is 41.3 Å². The van der Waals surface area contributed by atoms with Crippen molar-refractivity contribution in [2.24, 2.45) is 0 Å². The van der Waals surface area contributed by atoms with Gasteiger partial charge >= 0.3 is 0 Å². The maximum absolute atomic E-state index is 14.0. The number of hydrogen-bond acceptors (Lipinski definition) is 4. The van der Waals surface area contributed by atoms with Crippen molar-refractivity contribution >= 4 is 21.6 Å². The molecule has 6 nitrogen and oxygen atoms in total. The van der Waals surface area contributed by atoms with Gasteiger partial charge in [-0.2, -0.15) is 4.31 Å². The van der Waals surface area contributed by atoms with Crippen LogP contribution < -0.4 is 5.32 Å². The van der Waals surface area contributed by atoms with Gasteiger partial charge in [-0.1, -0.05) is 18.2 Å². The van der Waals surface area contributed by atoms with E-state index in [2.05, 4.69) is 5.32 Å². The van der Waals surface area contributed by atoms with Crippen molar-refractivity contribution in [1.82, 2.24) is 9.21 Å². The molecule has 3 rings (SSSR count). The average Bonchev–Trinajstić information content (AvgIpc) is 2.72. The third kappa shape index (κ3) is 4.53. The Labute approximate surface area is 175 Å². The van der Waals surface area contributed by atoms with E-state index < -0.39 is 32.6 Å². The lowest BCUT2D eigenvalue weighted by molar-refractivity contribution is -0.121. The van der Waals surface area contributed by atoms with E-state index in [-0.39, 0.29) is 19.0 Å². The molecule has 9 heteroatoms. The smallest absolute Gasteiger partial charge is 0.246 e. The van der Waals surface area contributed by atoms with Crippen LogP contribution in [0.5, 0.6) is 0 Å². The average molecular weight is 438 g/mol. The van der Waals surface area contributed by atoms with Crippen LogP contribution in [0.25, 0.3) is 0 Å². The summed E-state index contributed by atoms with van der Waals surface area (Å²) >= 11 is 0. The fourth-order valence-corrected chi connectivity index (χ4v) is 5.05. The summed E-state index contributed by atoms with van der Waals surface area (Å²) in [7, 11) is -4.15. The summed E-state index contributed by atoms with van der Waals surface area (Å²) in [6.45, 7) is 6.37. The van der Waals surface area contributed by atoms with E-state index in [1.807, 2.05) is 36.9 Å². The lowest BCUT2D eigenvalue weighted by Gasteiger charge is -2.36. The highest BCUT2D eigenvalue weighted by atomic mass is 32.2. The van der Waals surface area contributed by atoms with Gasteiger partial charge < -0.3 is 5.32 Å². The number of sulfonamides is 1. The first-order valence-electron chi connectivity index (χ1n) is 9.67. The van der Waals surface area contributed by atoms with Gasteiger partial charge in [-0.15, -0.1) is 0 Å². The second kappa shape index (κ2) is 8.79. The van der Waals surface area contributed by atoms with Gasteiger partial charge in [-0.25, -0.2) is 17.2 Å². The van der Waals surface area contributed by atoms with Crippen molar-refractivity contribution in [1.29, 1.82) is 0 Å². The molecule has 2 aromatic rings. The quantitative estimate of drug-likeness (QED) is 0.781. The van der Waals surface area contributed by atoms with Crippen molar-refractivity contribution in [3.63, 3.8) is 0 Å². The number of carbonyl (C=O) groups is 1. The summed E-state index contributed by atoms with van der Waals surface area (Å²) in [5.41, 5.74) is 2.70. The van der Waals surface area contributed by atoms with Crippen molar-refractivity contribution in [2.45, 2.75) is 31.7 Å². The summed E-state index contributed by atoms with van der Waals surface area (Å²) in [5.74, 6) is -1.98. The van der Waals surface area contributed by atoms with Gasteiger partial charge in [0.05, 0.1) is 6.04 Å². The Morgan fingerprint density at radius 3 is 2.23 bits per heavy atom. The number of piperazine rings is 1. The molecule has 162 valence electrons. The predicted octanol–water partition coefficient (Wildman–Crippen LogP) is 2.92. The zero-order valence-electron chi connectivity index (χ0n) is 17.2. The molecule has 1 saturated heterocycles. The molecule has 1 amide bonds. The minimum atomic E-state index is -4.15. The minimum absolute atomic E-state index is 0.0826. The Balaban J connectivity index is 1.66. The first-order valence-corrected chi connectivity index (χ1v) is 11.1. The van der Waals surface area contributed by atoms with Gasteiger partial charge in [0.2, 0.25) is 15.9 Å². The fraction of sp³-hybridized carbons (Fsp3) is 0.381. The fourth-order valence-electron chi connectivity index (χ4n) is 3.55. The van der Waals surface area contributed by atoms with Crippen LogP contribution in [0.1, 0.15) is 18.1 Å². The second-order valence-corrected chi connectivity index (χ2v) is 9.35. The van der Waals surface area contributed by atoms with Crippen LogP contribution in [0, 0.1) is 25.5 Å². The molecule has 0 radical (unpaired) electrons. The third-order valence-corrected chi connectivity index (χ3v) is 7.35. The van der Waals surface area contributed by atoms with Gasteiger partial charge in [-0.3, -0.25) is 9.69 Å². The van der Waals surface area contributed by atoms with E-state index in [4.69, 9.17) is 0 Å². The second-order valence-electron chi connectivity index (χ2n) is 7.45. The molecule has 1 aliphatic rings. The molecule has 0 spiro atoms. The van der Waals surface area contributed by atoms with Crippen LogP contribution in [0.3, 0.4) is 0 Å². The largest absolute Gasteiger partial charge is 0.324 e. The molecule has 30 heavy (non-hydrogen) atoms. The van der Waals surface area contributed by atoms with Crippen LogP contribution in [0.4, 0.5) is 14.5 Å². The van der Waals surface area contributed by atoms with E-state index in [1.165, 1.54) is 0 Å². The van der Waals surface area contributed by atoms with Gasteiger partial charge in [0.15, 0.2) is 0 Å². The van der Waals surface area contributed by atoms with Crippen LogP contribution in [0.2, 0.25) is 0 Å². The maximum Gasteiger partial charge on any atom is 0.246 e. The molecule has 1 aliphatic heterocycles. The Morgan fingerprint density at radius 1 is 1.03 bits per heavy atom. The molecule has 1 fully saturated rings. The molecular formula is C21H25F2N3O3S. The molecule has 2 aromatic carbocycles. The number of nitrogens with one attached hydrogen (secondary N) is 1. The number of nitrogens with zero attached hydrogens (tertiary/aromatic N) is 2. The van der Waals surface area contributed by atoms with Gasteiger partial charge in [-0.05, 0) is 50.1 Å². The molecule has 0 aromatic heterocycles. The number of carbonyl (C=O) groups excluding carboxylic acids is 1. The van der Waals surface area contributed by atoms with Crippen LogP contribution >= 0.6 is 0 Å². The van der Waals surface area contributed by atoms with Crippen molar-refractivity contribution in [2.75, 3.05) is 31.5 Å². The molecule has 1 N–H and O–H groups in total. The molecular weight excluding hydrogens is 412 g/mol. The highest BCUT2D eigenvalue weighted by Gasteiger charge is 2.33. The summed E-state index contributed by atoms with van der Waals surface area (Å²) in [6.07, 6.45) is 0. The molecule has 0 aliphatic carbocycles. The number of halogens is 2. The number of benzene rings is 2. The van der Waals surface area contributed by atoms with Gasteiger partial charge in [0, 0.05) is 31.9 Å². The maximum atomic E-state index is 14.0. The number of anilines is 1. The Morgan fingerprint density at radius 2 is 1.63 bits per heavy atom. The summed E-state index contributed by atoms with van der Waals surface area (Å²) in [5, 5.41) is 2.95. The number of aryl methyl sites for hydroxylation is 2. The summed E-state index contributed by atoms with van der Waals surface area (Å²) in [6, 6.07) is 7.66. The number of para-hydroxylation sites is 1.